The lowest BCUT2D eigenvalue weighted by molar-refractivity contribution is -0.151. The van der Waals surface area contributed by atoms with Gasteiger partial charge in [-0.15, -0.1) is 0 Å². The van der Waals surface area contributed by atoms with Crippen molar-refractivity contribution in [2.75, 3.05) is 26.3 Å². The average molecular weight is 591 g/mol. The highest BCUT2D eigenvalue weighted by atomic mass is 79.9. The maximum atomic E-state index is 13.4. The summed E-state index contributed by atoms with van der Waals surface area (Å²) in [4.78, 5) is 26.7. The van der Waals surface area contributed by atoms with E-state index in [0.717, 1.165) is 35.7 Å². The Morgan fingerprint density at radius 3 is 2.26 bits per heavy atom. The van der Waals surface area contributed by atoms with Gasteiger partial charge < -0.3 is 19.5 Å². The Hall–Kier alpha value is -3.16. The van der Waals surface area contributed by atoms with Crippen LogP contribution in [0.25, 0.3) is 11.1 Å². The number of hydrogen-bond donors (Lipinski definition) is 1. The first-order chi connectivity index (χ1) is 18.9. The molecule has 3 aliphatic rings. The third-order valence-electron chi connectivity index (χ3n) is 8.82. The van der Waals surface area contributed by atoms with Gasteiger partial charge in [0.1, 0.15) is 13.2 Å². The minimum Gasteiger partial charge on any atom is -0.480 e. The molecule has 39 heavy (non-hydrogen) atoms. The van der Waals surface area contributed by atoms with Crippen LogP contribution in [0.2, 0.25) is 0 Å². The summed E-state index contributed by atoms with van der Waals surface area (Å²) >= 11 is 3.49. The number of nitrogens with zero attached hydrogens (tertiary/aromatic N) is 1. The molecule has 1 saturated heterocycles. The normalized spacial score (nSPS) is 24.0. The van der Waals surface area contributed by atoms with Gasteiger partial charge in [-0.1, -0.05) is 76.6 Å². The molecule has 0 aromatic heterocycles. The van der Waals surface area contributed by atoms with Crippen LogP contribution in [0.15, 0.2) is 77.3 Å². The highest BCUT2D eigenvalue weighted by Gasteiger charge is 2.52. The Bertz CT molecular complexity index is 1350. The Kier molecular flexibility index (Phi) is 6.98. The van der Waals surface area contributed by atoms with Crippen LogP contribution in [-0.2, 0) is 19.9 Å². The van der Waals surface area contributed by atoms with E-state index < -0.39 is 11.6 Å². The maximum absolute atomic E-state index is 13.4. The minimum atomic E-state index is -0.976. The van der Waals surface area contributed by atoms with Gasteiger partial charge in [-0.05, 0) is 77.5 Å². The van der Waals surface area contributed by atoms with Gasteiger partial charge in [-0.25, -0.2) is 9.59 Å². The molecule has 2 atom stereocenters. The molecule has 2 fully saturated rings. The van der Waals surface area contributed by atoms with Crippen molar-refractivity contribution in [3.63, 3.8) is 0 Å². The molecule has 202 valence electrons. The molecule has 6 rings (SSSR count). The number of ether oxygens (including phenoxy) is 2. The number of piperidine rings is 1. The van der Waals surface area contributed by atoms with Crippen molar-refractivity contribution in [2.24, 2.45) is 5.41 Å². The van der Waals surface area contributed by atoms with E-state index in [1.807, 2.05) is 53.4 Å². The Morgan fingerprint density at radius 2 is 1.59 bits per heavy atom. The standard InChI is InChI=1S/C32H32BrNO5/c33-23-12-10-22(11-13-23)32(39-19-29(35)36)16-15-31(20-32)14-5-17-34(21-31)30(37)38-18-28-26-8-3-1-6-24(26)25-7-2-4-9-27(25)28/h1-4,6-13,28H,5,14-21H2,(H,35,36). The molecule has 1 amide bonds. The van der Waals surface area contributed by atoms with Crippen LogP contribution >= 0.6 is 15.9 Å². The van der Waals surface area contributed by atoms with Crippen molar-refractivity contribution in [1.29, 1.82) is 0 Å². The van der Waals surface area contributed by atoms with E-state index in [2.05, 4.69) is 40.2 Å². The molecule has 1 N–H and O–H groups in total. The third-order valence-corrected chi connectivity index (χ3v) is 9.35. The fourth-order valence-corrected chi connectivity index (χ4v) is 7.32. The molecule has 2 aliphatic carbocycles. The first kappa shape index (κ1) is 26.1. The molecule has 1 saturated carbocycles. The summed E-state index contributed by atoms with van der Waals surface area (Å²) in [6, 6.07) is 24.7. The molecule has 6 nitrogen and oxygen atoms in total. The summed E-state index contributed by atoms with van der Waals surface area (Å²) in [5, 5.41) is 9.37. The molecule has 1 heterocycles. The summed E-state index contributed by atoms with van der Waals surface area (Å²) in [5.74, 6) is -0.947. The van der Waals surface area contributed by atoms with Gasteiger partial charge in [0.05, 0.1) is 5.60 Å². The molecule has 2 unspecified atom stereocenters. The number of carbonyl (C=O) groups excluding carboxylic acids is 1. The maximum Gasteiger partial charge on any atom is 0.409 e. The first-order valence-corrected chi connectivity index (χ1v) is 14.4. The monoisotopic (exact) mass is 589 g/mol. The quantitative estimate of drug-likeness (QED) is 0.336. The second kappa shape index (κ2) is 10.4. The van der Waals surface area contributed by atoms with Gasteiger partial charge in [0.15, 0.2) is 0 Å². The number of carboxylic acid groups (broad SMARTS) is 1. The number of carboxylic acids is 1. The van der Waals surface area contributed by atoms with Crippen LogP contribution in [0.5, 0.6) is 0 Å². The lowest BCUT2D eigenvalue weighted by atomic mass is 9.76. The number of carbonyl (C=O) groups is 2. The van der Waals surface area contributed by atoms with E-state index in [1.54, 1.807) is 0 Å². The zero-order chi connectivity index (χ0) is 27.0. The van der Waals surface area contributed by atoms with Crippen molar-refractivity contribution < 1.29 is 24.2 Å². The molecule has 0 radical (unpaired) electrons. The van der Waals surface area contributed by atoms with Gasteiger partial charge >= 0.3 is 12.1 Å². The summed E-state index contributed by atoms with van der Waals surface area (Å²) in [5.41, 5.74) is 5.01. The zero-order valence-corrected chi connectivity index (χ0v) is 23.4. The van der Waals surface area contributed by atoms with Crippen LogP contribution in [-0.4, -0.2) is 48.4 Å². The molecule has 0 bridgehead atoms. The van der Waals surface area contributed by atoms with Gasteiger partial charge in [0, 0.05) is 23.5 Å². The van der Waals surface area contributed by atoms with E-state index >= 15 is 0 Å². The van der Waals surface area contributed by atoms with Crippen LogP contribution in [0.1, 0.15) is 54.7 Å². The molecule has 1 spiro atoms. The fourth-order valence-electron chi connectivity index (χ4n) is 7.05. The van der Waals surface area contributed by atoms with E-state index in [4.69, 9.17) is 9.47 Å². The number of halogens is 1. The summed E-state index contributed by atoms with van der Waals surface area (Å²) < 4.78 is 13.1. The van der Waals surface area contributed by atoms with E-state index in [0.29, 0.717) is 26.1 Å². The van der Waals surface area contributed by atoms with Crippen molar-refractivity contribution in [3.05, 3.63) is 94.0 Å². The Balaban J connectivity index is 1.16. The third kappa shape index (κ3) is 4.98. The second-order valence-corrected chi connectivity index (χ2v) is 12.1. The fraction of sp³-hybridized carbons (Fsp3) is 0.375. The molecule has 7 heteroatoms. The number of amides is 1. The van der Waals surface area contributed by atoms with Gasteiger partial charge in [0.2, 0.25) is 0 Å². The molecule has 3 aromatic rings. The zero-order valence-electron chi connectivity index (χ0n) is 21.8. The topological polar surface area (TPSA) is 76.1 Å². The highest BCUT2D eigenvalue weighted by molar-refractivity contribution is 9.10. The highest BCUT2D eigenvalue weighted by Crippen LogP contribution is 2.55. The molecule has 3 aromatic carbocycles. The lowest BCUT2D eigenvalue weighted by Gasteiger charge is -2.41. The number of hydrogen-bond acceptors (Lipinski definition) is 4. The molecular formula is C32H32BrNO5. The van der Waals surface area contributed by atoms with E-state index in [9.17, 15) is 14.7 Å². The number of benzene rings is 3. The number of aliphatic carboxylic acids is 1. The SMILES string of the molecule is O=C(O)COC1(c2ccc(Br)cc2)CCC2(CCCN(C(=O)OCC3c4ccccc4-c4ccccc43)C2)C1. The van der Waals surface area contributed by atoms with Crippen LogP contribution in [0.3, 0.4) is 0 Å². The van der Waals surface area contributed by atoms with Crippen LogP contribution in [0.4, 0.5) is 4.79 Å². The number of fused-ring (bicyclic) bond motifs is 3. The lowest BCUT2D eigenvalue weighted by Crippen LogP contribution is -2.46. The van der Waals surface area contributed by atoms with Crippen molar-refractivity contribution in [2.45, 2.75) is 43.6 Å². The van der Waals surface area contributed by atoms with Gasteiger partial charge in [-0.2, -0.15) is 0 Å². The first-order valence-electron chi connectivity index (χ1n) is 13.6. The second-order valence-electron chi connectivity index (χ2n) is 11.2. The van der Waals surface area contributed by atoms with Crippen LogP contribution in [0, 0.1) is 5.41 Å². The average Bonchev–Trinajstić information content (AvgIpc) is 3.47. The summed E-state index contributed by atoms with van der Waals surface area (Å²) in [6.07, 6.45) is 3.87. The van der Waals surface area contributed by atoms with E-state index in [-0.39, 0.29) is 24.0 Å². The summed E-state index contributed by atoms with van der Waals surface area (Å²) in [6.45, 7) is 1.22. The molecule has 1 aliphatic heterocycles. The Morgan fingerprint density at radius 1 is 0.923 bits per heavy atom. The smallest absolute Gasteiger partial charge is 0.409 e. The van der Waals surface area contributed by atoms with Gasteiger partial charge in [-0.3, -0.25) is 0 Å². The van der Waals surface area contributed by atoms with Gasteiger partial charge in [0.25, 0.3) is 0 Å². The Labute approximate surface area is 237 Å². The number of rotatable bonds is 6. The van der Waals surface area contributed by atoms with Crippen LogP contribution < -0.4 is 0 Å². The van der Waals surface area contributed by atoms with E-state index in [1.165, 1.54) is 22.3 Å². The van der Waals surface area contributed by atoms with Crippen molar-refractivity contribution in [1.82, 2.24) is 4.90 Å². The van der Waals surface area contributed by atoms with Crippen molar-refractivity contribution >= 4 is 28.0 Å². The minimum absolute atomic E-state index is 0.0288. The van der Waals surface area contributed by atoms with Crippen molar-refractivity contribution in [3.8, 4) is 11.1 Å². The predicted molar refractivity (Wildman–Crippen MR) is 152 cm³/mol. The number of likely N-dealkylation sites (tertiary alicyclic amines) is 1. The molecular weight excluding hydrogens is 558 g/mol. The largest absolute Gasteiger partial charge is 0.480 e. The predicted octanol–water partition coefficient (Wildman–Crippen LogP) is 6.96. The summed E-state index contributed by atoms with van der Waals surface area (Å²) in [7, 11) is 0.